The summed E-state index contributed by atoms with van der Waals surface area (Å²) in [4.78, 5) is 37.9. The van der Waals surface area contributed by atoms with Crippen molar-refractivity contribution in [2.75, 3.05) is 5.32 Å². The number of benzene rings is 2. The first-order valence-corrected chi connectivity index (χ1v) is 8.20. The van der Waals surface area contributed by atoms with Crippen molar-refractivity contribution in [1.29, 1.82) is 0 Å². The minimum atomic E-state index is -0.236. The third-order valence-corrected chi connectivity index (χ3v) is 4.80. The second kappa shape index (κ2) is 5.54. The Morgan fingerprint density at radius 1 is 0.792 bits per heavy atom. The maximum atomic E-state index is 12.7. The lowest BCUT2D eigenvalue weighted by molar-refractivity contribution is 0.0979. The van der Waals surface area contributed by atoms with Gasteiger partial charge in [-0.15, -0.1) is 11.3 Å². The number of anilines is 1. The predicted molar refractivity (Wildman–Crippen MR) is 92.0 cm³/mol. The Kier molecular flexibility index (Phi) is 3.36. The van der Waals surface area contributed by atoms with Crippen LogP contribution < -0.4 is 5.32 Å². The summed E-state index contributed by atoms with van der Waals surface area (Å²) in [7, 11) is 0. The summed E-state index contributed by atoms with van der Waals surface area (Å²) in [6.45, 7) is 0. The van der Waals surface area contributed by atoms with Gasteiger partial charge in [-0.3, -0.25) is 14.4 Å². The van der Waals surface area contributed by atoms with Crippen molar-refractivity contribution < 1.29 is 14.4 Å². The second-order valence-electron chi connectivity index (χ2n) is 5.40. The molecule has 0 radical (unpaired) electrons. The third kappa shape index (κ3) is 2.26. The van der Waals surface area contributed by atoms with E-state index in [1.54, 1.807) is 54.6 Å². The number of hydrogen-bond donors (Lipinski definition) is 1. The first-order chi connectivity index (χ1) is 11.6. The SMILES string of the molecule is O=C(Nc1ccc2c(c1)C(=O)c1ccccc1C2=O)c1cccs1. The van der Waals surface area contributed by atoms with E-state index in [-0.39, 0.29) is 17.5 Å². The van der Waals surface area contributed by atoms with Gasteiger partial charge in [0, 0.05) is 27.9 Å². The average Bonchev–Trinajstić information content (AvgIpc) is 3.14. The van der Waals surface area contributed by atoms with E-state index in [1.807, 2.05) is 5.38 Å². The summed E-state index contributed by atoms with van der Waals surface area (Å²) in [6.07, 6.45) is 0. The second-order valence-corrected chi connectivity index (χ2v) is 6.34. The molecular weight excluding hydrogens is 322 g/mol. The molecule has 0 saturated carbocycles. The highest BCUT2D eigenvalue weighted by Crippen LogP contribution is 2.29. The van der Waals surface area contributed by atoms with Crippen LogP contribution in [0.3, 0.4) is 0 Å². The van der Waals surface area contributed by atoms with Crippen LogP contribution in [0.5, 0.6) is 0 Å². The maximum Gasteiger partial charge on any atom is 0.265 e. The normalized spacial score (nSPS) is 12.5. The number of ketones is 2. The topological polar surface area (TPSA) is 63.2 Å². The van der Waals surface area contributed by atoms with E-state index in [9.17, 15) is 14.4 Å². The number of nitrogens with one attached hydrogen (secondary N) is 1. The molecule has 24 heavy (non-hydrogen) atoms. The smallest absolute Gasteiger partial charge is 0.265 e. The maximum absolute atomic E-state index is 12.7. The van der Waals surface area contributed by atoms with Crippen molar-refractivity contribution in [3.05, 3.63) is 87.1 Å². The zero-order chi connectivity index (χ0) is 16.7. The number of rotatable bonds is 2. The number of thiophene rings is 1. The Labute approximate surface area is 141 Å². The molecule has 4 rings (SSSR count). The van der Waals surface area contributed by atoms with Crippen LogP contribution in [0.25, 0.3) is 0 Å². The van der Waals surface area contributed by atoms with Crippen molar-refractivity contribution in [3.8, 4) is 0 Å². The summed E-state index contributed by atoms with van der Waals surface area (Å²) in [5.41, 5.74) is 2.00. The van der Waals surface area contributed by atoms with Crippen molar-refractivity contribution in [3.63, 3.8) is 0 Å². The summed E-state index contributed by atoms with van der Waals surface area (Å²) in [5, 5.41) is 4.58. The average molecular weight is 333 g/mol. The molecule has 1 N–H and O–H groups in total. The van der Waals surface area contributed by atoms with Gasteiger partial charge in [-0.2, -0.15) is 0 Å². The van der Waals surface area contributed by atoms with Gasteiger partial charge < -0.3 is 5.32 Å². The molecule has 1 aromatic heterocycles. The molecule has 0 aliphatic heterocycles. The van der Waals surface area contributed by atoms with Crippen LogP contribution >= 0.6 is 11.3 Å². The van der Waals surface area contributed by atoms with Gasteiger partial charge in [0.05, 0.1) is 4.88 Å². The largest absolute Gasteiger partial charge is 0.321 e. The van der Waals surface area contributed by atoms with Crippen molar-refractivity contribution in [2.45, 2.75) is 0 Å². The molecule has 1 aliphatic carbocycles. The van der Waals surface area contributed by atoms with E-state index in [0.717, 1.165) is 0 Å². The quantitative estimate of drug-likeness (QED) is 0.607. The summed E-state index contributed by atoms with van der Waals surface area (Å²) < 4.78 is 0. The van der Waals surface area contributed by atoms with E-state index in [0.29, 0.717) is 32.8 Å². The zero-order valence-electron chi connectivity index (χ0n) is 12.4. The minimum absolute atomic E-state index is 0.170. The standard InChI is InChI=1S/C19H11NO3S/c21-17-12-4-1-2-5-13(12)18(22)15-10-11(7-8-14(15)17)20-19(23)16-6-3-9-24-16/h1-10H,(H,20,23). The molecule has 0 saturated heterocycles. The van der Waals surface area contributed by atoms with E-state index in [1.165, 1.54) is 11.3 Å². The monoisotopic (exact) mass is 333 g/mol. The number of fused-ring (bicyclic) bond motifs is 2. The van der Waals surface area contributed by atoms with Crippen molar-refractivity contribution in [2.24, 2.45) is 0 Å². The van der Waals surface area contributed by atoms with Gasteiger partial charge in [-0.05, 0) is 29.6 Å². The summed E-state index contributed by atoms with van der Waals surface area (Å²) in [5.74, 6) is -0.608. The molecule has 3 aromatic rings. The Hall–Kier alpha value is -3.05. The Bertz CT molecular complexity index is 990. The highest BCUT2D eigenvalue weighted by atomic mass is 32.1. The Morgan fingerprint density at radius 3 is 2.12 bits per heavy atom. The molecule has 2 aromatic carbocycles. The molecule has 0 spiro atoms. The van der Waals surface area contributed by atoms with Crippen LogP contribution in [0.15, 0.2) is 60.0 Å². The number of amides is 1. The van der Waals surface area contributed by atoms with Crippen LogP contribution in [0.1, 0.15) is 41.5 Å². The minimum Gasteiger partial charge on any atom is -0.321 e. The molecule has 0 fully saturated rings. The fraction of sp³-hybridized carbons (Fsp3) is 0. The van der Waals surface area contributed by atoms with Crippen LogP contribution in [0.4, 0.5) is 5.69 Å². The lowest BCUT2D eigenvalue weighted by Gasteiger charge is -2.18. The first-order valence-electron chi connectivity index (χ1n) is 7.32. The molecule has 0 atom stereocenters. The van der Waals surface area contributed by atoms with E-state index < -0.39 is 0 Å². The Morgan fingerprint density at radius 2 is 1.46 bits per heavy atom. The van der Waals surface area contributed by atoms with Gasteiger partial charge in [-0.1, -0.05) is 30.3 Å². The molecule has 1 heterocycles. The first kappa shape index (κ1) is 14.5. The van der Waals surface area contributed by atoms with E-state index in [4.69, 9.17) is 0 Å². The molecule has 4 nitrogen and oxygen atoms in total. The van der Waals surface area contributed by atoms with Crippen LogP contribution in [-0.2, 0) is 0 Å². The molecule has 5 heteroatoms. The fourth-order valence-electron chi connectivity index (χ4n) is 2.78. The highest BCUT2D eigenvalue weighted by Gasteiger charge is 2.29. The lowest BCUT2D eigenvalue weighted by atomic mass is 9.84. The van der Waals surface area contributed by atoms with Gasteiger partial charge in [0.1, 0.15) is 0 Å². The molecule has 0 bridgehead atoms. The van der Waals surface area contributed by atoms with Crippen LogP contribution in [0.2, 0.25) is 0 Å². The lowest BCUT2D eigenvalue weighted by Crippen LogP contribution is -2.21. The highest BCUT2D eigenvalue weighted by molar-refractivity contribution is 7.12. The van der Waals surface area contributed by atoms with Crippen molar-refractivity contribution in [1.82, 2.24) is 0 Å². The van der Waals surface area contributed by atoms with Crippen LogP contribution in [0, 0.1) is 0 Å². The molecule has 0 unspecified atom stereocenters. The van der Waals surface area contributed by atoms with Gasteiger partial charge in [0.25, 0.3) is 5.91 Å². The number of carbonyl (C=O) groups excluding carboxylic acids is 3. The van der Waals surface area contributed by atoms with E-state index in [2.05, 4.69) is 5.32 Å². The third-order valence-electron chi connectivity index (χ3n) is 3.93. The Balaban J connectivity index is 1.72. The molecule has 1 aliphatic rings. The van der Waals surface area contributed by atoms with E-state index >= 15 is 0 Å². The fourth-order valence-corrected chi connectivity index (χ4v) is 3.40. The van der Waals surface area contributed by atoms with Crippen molar-refractivity contribution >= 4 is 34.5 Å². The zero-order valence-corrected chi connectivity index (χ0v) is 13.2. The predicted octanol–water partition coefficient (Wildman–Crippen LogP) is 3.78. The number of hydrogen-bond acceptors (Lipinski definition) is 4. The summed E-state index contributed by atoms with van der Waals surface area (Å²) in [6, 6.07) is 15.1. The summed E-state index contributed by atoms with van der Waals surface area (Å²) >= 11 is 1.34. The van der Waals surface area contributed by atoms with Gasteiger partial charge in [-0.25, -0.2) is 0 Å². The molecular formula is C19H11NO3S. The van der Waals surface area contributed by atoms with Gasteiger partial charge in [0.15, 0.2) is 11.6 Å². The van der Waals surface area contributed by atoms with Gasteiger partial charge >= 0.3 is 0 Å². The number of carbonyl (C=O) groups is 3. The van der Waals surface area contributed by atoms with Gasteiger partial charge in [0.2, 0.25) is 0 Å². The molecule has 116 valence electrons. The van der Waals surface area contributed by atoms with Crippen LogP contribution in [-0.4, -0.2) is 17.5 Å². The molecule has 1 amide bonds.